The molecule has 0 saturated heterocycles. The van der Waals surface area contributed by atoms with Gasteiger partial charge in [-0.2, -0.15) is 0 Å². The normalized spacial score (nSPS) is 23.0. The zero-order chi connectivity index (χ0) is 15.0. The van der Waals surface area contributed by atoms with E-state index in [1.807, 2.05) is 12.1 Å². The summed E-state index contributed by atoms with van der Waals surface area (Å²) in [6.07, 6.45) is 6.62. The first-order valence-electron chi connectivity index (χ1n) is 8.37. The predicted molar refractivity (Wildman–Crippen MR) is 89.5 cm³/mol. The number of anilines is 1. The van der Waals surface area contributed by atoms with Crippen molar-refractivity contribution in [1.82, 2.24) is 9.55 Å². The largest absolute Gasteiger partial charge is 0.399 e. The molecule has 0 bridgehead atoms. The first-order valence-corrected chi connectivity index (χ1v) is 8.37. The summed E-state index contributed by atoms with van der Waals surface area (Å²) in [5, 5.41) is 0. The number of hydrogen-bond acceptors (Lipinski definition) is 2. The topological polar surface area (TPSA) is 43.8 Å². The van der Waals surface area contributed by atoms with Crippen molar-refractivity contribution in [1.29, 1.82) is 0 Å². The van der Waals surface area contributed by atoms with Crippen LogP contribution in [0.3, 0.4) is 0 Å². The Balaban J connectivity index is 2.08. The second-order valence-corrected chi connectivity index (χ2v) is 6.84. The van der Waals surface area contributed by atoms with Gasteiger partial charge in [-0.05, 0) is 37.0 Å². The Morgan fingerprint density at radius 1 is 1.33 bits per heavy atom. The molecule has 1 fully saturated rings. The third-order valence-electron chi connectivity index (χ3n) is 4.95. The smallest absolute Gasteiger partial charge is 0.112 e. The number of nitrogen functional groups attached to an aromatic ring is 1. The third kappa shape index (κ3) is 2.66. The van der Waals surface area contributed by atoms with Crippen molar-refractivity contribution in [3.8, 4) is 0 Å². The van der Waals surface area contributed by atoms with Crippen molar-refractivity contribution in [2.75, 3.05) is 5.73 Å². The van der Waals surface area contributed by atoms with Crippen molar-refractivity contribution < 1.29 is 0 Å². The maximum absolute atomic E-state index is 5.93. The standard InChI is InChI=1S/C18H27N3/c1-4-13-6-5-7-15(10-13)21-17-9-8-14(19)11-16(17)20-18(21)12(2)3/h8-9,11-13,15H,4-7,10,19H2,1-3H3. The Morgan fingerprint density at radius 3 is 2.86 bits per heavy atom. The molecule has 3 heteroatoms. The molecule has 2 unspecified atom stereocenters. The Morgan fingerprint density at radius 2 is 2.14 bits per heavy atom. The molecule has 1 saturated carbocycles. The van der Waals surface area contributed by atoms with E-state index in [2.05, 4.69) is 31.4 Å². The summed E-state index contributed by atoms with van der Waals surface area (Å²) in [4.78, 5) is 4.88. The minimum Gasteiger partial charge on any atom is -0.399 e. The van der Waals surface area contributed by atoms with Gasteiger partial charge in [0.15, 0.2) is 0 Å². The number of nitrogens with two attached hydrogens (primary N) is 1. The van der Waals surface area contributed by atoms with Gasteiger partial charge in [-0.25, -0.2) is 4.98 Å². The molecule has 1 aromatic heterocycles. The SMILES string of the molecule is CCC1CCCC(n2c(C(C)C)nc3cc(N)ccc32)C1. The Bertz CT molecular complexity index is 627. The lowest BCUT2D eigenvalue weighted by Gasteiger charge is -2.31. The van der Waals surface area contributed by atoms with Crippen LogP contribution in [0.2, 0.25) is 0 Å². The van der Waals surface area contributed by atoms with Gasteiger partial charge in [0.05, 0.1) is 11.0 Å². The summed E-state index contributed by atoms with van der Waals surface area (Å²) in [5.41, 5.74) is 9.05. The van der Waals surface area contributed by atoms with Crippen molar-refractivity contribution in [2.45, 2.75) is 64.8 Å². The van der Waals surface area contributed by atoms with Crippen LogP contribution in [0.1, 0.15) is 70.7 Å². The van der Waals surface area contributed by atoms with Crippen LogP contribution in [0, 0.1) is 5.92 Å². The fourth-order valence-electron chi connectivity index (χ4n) is 3.79. The van der Waals surface area contributed by atoms with Crippen LogP contribution in [0.5, 0.6) is 0 Å². The maximum atomic E-state index is 5.93. The van der Waals surface area contributed by atoms with E-state index in [1.54, 1.807) is 0 Å². The Kier molecular flexibility index (Phi) is 3.92. The second-order valence-electron chi connectivity index (χ2n) is 6.84. The van der Waals surface area contributed by atoms with E-state index >= 15 is 0 Å². The summed E-state index contributed by atoms with van der Waals surface area (Å²) in [6, 6.07) is 6.77. The average Bonchev–Trinajstić information content (AvgIpc) is 2.86. The number of hydrogen-bond donors (Lipinski definition) is 1. The van der Waals surface area contributed by atoms with Crippen molar-refractivity contribution in [2.24, 2.45) is 5.92 Å². The summed E-state index contributed by atoms with van der Waals surface area (Å²) in [7, 11) is 0. The van der Waals surface area contributed by atoms with Crippen LogP contribution in [0.15, 0.2) is 18.2 Å². The molecule has 2 aromatic rings. The Labute approximate surface area is 127 Å². The molecular weight excluding hydrogens is 258 g/mol. The lowest BCUT2D eigenvalue weighted by Crippen LogP contribution is -2.21. The molecule has 0 aliphatic heterocycles. The fourth-order valence-corrected chi connectivity index (χ4v) is 3.79. The van der Waals surface area contributed by atoms with Crippen LogP contribution in [-0.2, 0) is 0 Å². The molecule has 1 heterocycles. The molecule has 1 aliphatic carbocycles. The van der Waals surface area contributed by atoms with E-state index in [0.29, 0.717) is 12.0 Å². The molecule has 0 spiro atoms. The van der Waals surface area contributed by atoms with E-state index in [9.17, 15) is 0 Å². The number of imidazole rings is 1. The molecule has 0 amide bonds. The van der Waals surface area contributed by atoms with Crippen LogP contribution in [-0.4, -0.2) is 9.55 Å². The maximum Gasteiger partial charge on any atom is 0.112 e. The molecule has 0 radical (unpaired) electrons. The van der Waals surface area contributed by atoms with Gasteiger partial charge in [0.2, 0.25) is 0 Å². The van der Waals surface area contributed by atoms with Gasteiger partial charge >= 0.3 is 0 Å². The number of aromatic nitrogens is 2. The van der Waals surface area contributed by atoms with Crippen molar-refractivity contribution in [3.05, 3.63) is 24.0 Å². The molecule has 21 heavy (non-hydrogen) atoms. The highest BCUT2D eigenvalue weighted by Crippen LogP contribution is 2.38. The quantitative estimate of drug-likeness (QED) is 0.816. The van der Waals surface area contributed by atoms with Gasteiger partial charge < -0.3 is 10.3 Å². The van der Waals surface area contributed by atoms with Crippen LogP contribution in [0.4, 0.5) is 5.69 Å². The second kappa shape index (κ2) is 5.70. The van der Waals surface area contributed by atoms with Gasteiger partial charge in [0, 0.05) is 17.6 Å². The van der Waals surface area contributed by atoms with Crippen LogP contribution < -0.4 is 5.73 Å². The summed E-state index contributed by atoms with van der Waals surface area (Å²) < 4.78 is 2.52. The van der Waals surface area contributed by atoms with E-state index in [1.165, 1.54) is 43.4 Å². The van der Waals surface area contributed by atoms with Crippen molar-refractivity contribution in [3.63, 3.8) is 0 Å². The fraction of sp³-hybridized carbons (Fsp3) is 0.611. The molecule has 2 N–H and O–H groups in total. The lowest BCUT2D eigenvalue weighted by atomic mass is 9.84. The highest BCUT2D eigenvalue weighted by Gasteiger charge is 2.26. The third-order valence-corrected chi connectivity index (χ3v) is 4.95. The molecule has 1 aromatic carbocycles. The van der Waals surface area contributed by atoms with E-state index in [-0.39, 0.29) is 0 Å². The predicted octanol–water partition coefficient (Wildman–Crippen LogP) is 4.88. The summed E-state index contributed by atoms with van der Waals surface area (Å²) in [6.45, 7) is 6.80. The number of fused-ring (bicyclic) bond motifs is 1. The van der Waals surface area contributed by atoms with E-state index < -0.39 is 0 Å². The molecule has 114 valence electrons. The zero-order valence-corrected chi connectivity index (χ0v) is 13.5. The number of benzene rings is 1. The van der Waals surface area contributed by atoms with E-state index in [4.69, 9.17) is 10.7 Å². The zero-order valence-electron chi connectivity index (χ0n) is 13.5. The molecule has 3 nitrogen and oxygen atoms in total. The van der Waals surface area contributed by atoms with Crippen LogP contribution >= 0.6 is 0 Å². The first kappa shape index (κ1) is 14.4. The number of nitrogens with zero attached hydrogens (tertiary/aromatic N) is 2. The highest BCUT2D eigenvalue weighted by atomic mass is 15.1. The van der Waals surface area contributed by atoms with Gasteiger partial charge in [0.1, 0.15) is 5.82 Å². The van der Waals surface area contributed by atoms with Crippen molar-refractivity contribution >= 4 is 16.7 Å². The Hall–Kier alpha value is -1.51. The minimum atomic E-state index is 0.445. The van der Waals surface area contributed by atoms with E-state index in [0.717, 1.165) is 17.1 Å². The molecule has 2 atom stereocenters. The average molecular weight is 285 g/mol. The first-order chi connectivity index (χ1) is 10.1. The molecule has 1 aliphatic rings. The summed E-state index contributed by atoms with van der Waals surface area (Å²) >= 11 is 0. The van der Waals surface area contributed by atoms with Gasteiger partial charge in [-0.3, -0.25) is 0 Å². The summed E-state index contributed by atoms with van der Waals surface area (Å²) in [5.74, 6) is 2.54. The highest BCUT2D eigenvalue weighted by molar-refractivity contribution is 5.80. The van der Waals surface area contributed by atoms with Crippen LogP contribution in [0.25, 0.3) is 11.0 Å². The number of rotatable bonds is 3. The van der Waals surface area contributed by atoms with Gasteiger partial charge in [-0.15, -0.1) is 0 Å². The monoisotopic (exact) mass is 285 g/mol. The molecule has 3 rings (SSSR count). The lowest BCUT2D eigenvalue weighted by molar-refractivity contribution is 0.260. The van der Waals surface area contributed by atoms with Gasteiger partial charge in [0.25, 0.3) is 0 Å². The minimum absolute atomic E-state index is 0.445. The molecular formula is C18H27N3. The van der Waals surface area contributed by atoms with Gasteiger partial charge in [-0.1, -0.05) is 40.0 Å².